The molecule has 0 aliphatic carbocycles. The van der Waals surface area contributed by atoms with Gasteiger partial charge in [-0.2, -0.15) is 0 Å². The van der Waals surface area contributed by atoms with E-state index in [1.165, 1.54) is 6.92 Å². The van der Waals surface area contributed by atoms with E-state index in [1.807, 2.05) is 60.1 Å². The van der Waals surface area contributed by atoms with Crippen molar-refractivity contribution in [2.45, 2.75) is 75.8 Å². The molecule has 1 aliphatic heterocycles. The minimum Gasteiger partial charge on any atom is -0.392 e. The summed E-state index contributed by atoms with van der Waals surface area (Å²) in [5.74, 6) is 0.696. The standard InChI is InChI=1S/C30H39N5O5S/c1-21(37)31-15-5-3-4-6-28(38)32-17-22-7-13-25(14-8-22)29-39-26(19-41-30-34-33-20-35(30)2)16-27(40-29)24-11-9-23(18-36)10-12-24/h7-14,20,26-27,29,36H,3-6,15-19H2,1-2H3,(H,31,37)(H,32,38)/t26-,27+,29+/m1/s1. The Morgan fingerprint density at radius 2 is 1.73 bits per heavy atom. The molecule has 3 aromatic rings. The van der Waals surface area contributed by atoms with Gasteiger partial charge >= 0.3 is 0 Å². The highest BCUT2D eigenvalue weighted by Gasteiger charge is 2.32. The predicted octanol–water partition coefficient (Wildman–Crippen LogP) is 3.96. The highest BCUT2D eigenvalue weighted by Crippen LogP contribution is 2.39. The molecule has 3 N–H and O–H groups in total. The van der Waals surface area contributed by atoms with Crippen molar-refractivity contribution in [3.63, 3.8) is 0 Å². The van der Waals surface area contributed by atoms with Gasteiger partial charge in [-0.05, 0) is 29.5 Å². The van der Waals surface area contributed by atoms with E-state index in [4.69, 9.17) is 9.47 Å². The van der Waals surface area contributed by atoms with E-state index in [0.29, 0.717) is 31.7 Å². The topological polar surface area (TPSA) is 128 Å². The number of nitrogens with one attached hydrogen (secondary N) is 2. The molecular weight excluding hydrogens is 542 g/mol. The molecule has 2 aromatic carbocycles. The lowest BCUT2D eigenvalue weighted by atomic mass is 10.0. The van der Waals surface area contributed by atoms with Gasteiger partial charge in [0.1, 0.15) is 6.33 Å². The molecule has 2 amide bonds. The van der Waals surface area contributed by atoms with Crippen molar-refractivity contribution in [3.05, 3.63) is 77.1 Å². The van der Waals surface area contributed by atoms with Crippen molar-refractivity contribution in [1.29, 1.82) is 0 Å². The van der Waals surface area contributed by atoms with Crippen LogP contribution in [-0.2, 0) is 39.3 Å². The Morgan fingerprint density at radius 3 is 2.41 bits per heavy atom. The summed E-state index contributed by atoms with van der Waals surface area (Å²) < 4.78 is 14.7. The van der Waals surface area contributed by atoms with Crippen LogP contribution in [-0.4, -0.2) is 50.1 Å². The van der Waals surface area contributed by atoms with Crippen molar-refractivity contribution in [2.24, 2.45) is 7.05 Å². The number of nitrogens with zero attached hydrogens (tertiary/aromatic N) is 3. The number of unbranched alkanes of at least 4 members (excludes halogenated alkanes) is 2. The number of aromatic nitrogens is 3. The first-order chi connectivity index (χ1) is 19.9. The number of ether oxygens (including phenoxy) is 2. The van der Waals surface area contributed by atoms with Gasteiger partial charge in [0.05, 0.1) is 18.8 Å². The molecular formula is C30H39N5O5S. The van der Waals surface area contributed by atoms with Gasteiger partial charge in [0.2, 0.25) is 11.8 Å². The van der Waals surface area contributed by atoms with Gasteiger partial charge in [0, 0.05) is 51.2 Å². The molecule has 1 saturated heterocycles. The molecule has 4 rings (SSSR count). The fourth-order valence-electron chi connectivity index (χ4n) is 4.53. The number of aliphatic hydroxyl groups is 1. The lowest BCUT2D eigenvalue weighted by Crippen LogP contribution is -2.31. The van der Waals surface area contributed by atoms with Crippen LogP contribution in [0.3, 0.4) is 0 Å². The van der Waals surface area contributed by atoms with Gasteiger partial charge < -0.3 is 29.8 Å². The monoisotopic (exact) mass is 581 g/mol. The Morgan fingerprint density at radius 1 is 1.00 bits per heavy atom. The summed E-state index contributed by atoms with van der Waals surface area (Å²) >= 11 is 1.60. The highest BCUT2D eigenvalue weighted by atomic mass is 32.2. The van der Waals surface area contributed by atoms with Crippen LogP contribution in [0.1, 0.15) is 73.7 Å². The average molecular weight is 582 g/mol. The zero-order valence-corrected chi connectivity index (χ0v) is 24.4. The Kier molecular flexibility index (Phi) is 11.7. The van der Waals surface area contributed by atoms with Crippen molar-refractivity contribution < 1.29 is 24.2 Å². The molecule has 0 saturated carbocycles. The molecule has 11 heteroatoms. The lowest BCUT2D eigenvalue weighted by Gasteiger charge is -2.36. The summed E-state index contributed by atoms with van der Waals surface area (Å²) in [5, 5.41) is 24.1. The van der Waals surface area contributed by atoms with Crippen LogP contribution < -0.4 is 10.6 Å². The summed E-state index contributed by atoms with van der Waals surface area (Å²) in [5.41, 5.74) is 3.80. The second-order valence-electron chi connectivity index (χ2n) is 10.2. The molecule has 41 heavy (non-hydrogen) atoms. The van der Waals surface area contributed by atoms with Crippen LogP contribution in [0.15, 0.2) is 60.0 Å². The van der Waals surface area contributed by atoms with E-state index in [9.17, 15) is 14.7 Å². The number of carbonyl (C=O) groups excluding carboxylic acids is 2. The first-order valence-corrected chi connectivity index (χ1v) is 15.0. The maximum Gasteiger partial charge on any atom is 0.220 e. The fraction of sp³-hybridized carbons (Fsp3) is 0.467. The zero-order valence-electron chi connectivity index (χ0n) is 23.6. The molecule has 1 aliphatic rings. The number of aliphatic hydroxyl groups excluding tert-OH is 1. The van der Waals surface area contributed by atoms with Gasteiger partial charge in [0.25, 0.3) is 0 Å². The number of carbonyl (C=O) groups is 2. The van der Waals surface area contributed by atoms with E-state index in [2.05, 4.69) is 20.8 Å². The van der Waals surface area contributed by atoms with Crippen LogP contribution in [0.2, 0.25) is 0 Å². The SMILES string of the molecule is CC(=O)NCCCCCC(=O)NCc1ccc([C@H]2O[C@@H](CSc3nncn3C)C[C@@H](c3ccc(CO)cc3)O2)cc1. The first kappa shape index (κ1) is 30.7. The Balaban J connectivity index is 1.32. The Hall–Kier alpha value is -3.25. The molecule has 3 atom stereocenters. The fourth-order valence-corrected chi connectivity index (χ4v) is 5.43. The normalized spacial score (nSPS) is 18.7. The molecule has 0 spiro atoms. The van der Waals surface area contributed by atoms with E-state index >= 15 is 0 Å². The van der Waals surface area contributed by atoms with E-state index in [0.717, 1.165) is 46.7 Å². The molecule has 220 valence electrons. The zero-order chi connectivity index (χ0) is 29.0. The molecule has 0 radical (unpaired) electrons. The van der Waals surface area contributed by atoms with Gasteiger partial charge in [-0.15, -0.1) is 10.2 Å². The number of hydrogen-bond donors (Lipinski definition) is 3. The highest BCUT2D eigenvalue weighted by molar-refractivity contribution is 7.99. The molecule has 2 heterocycles. The van der Waals surface area contributed by atoms with Crippen LogP contribution in [0.5, 0.6) is 0 Å². The molecule has 0 unspecified atom stereocenters. The Bertz CT molecular complexity index is 1250. The van der Waals surface area contributed by atoms with E-state index in [1.54, 1.807) is 18.1 Å². The number of thioether (sulfide) groups is 1. The summed E-state index contributed by atoms with van der Waals surface area (Å²) in [6, 6.07) is 15.8. The third-order valence-corrected chi connectivity index (χ3v) is 8.05. The number of benzene rings is 2. The number of amides is 2. The minimum atomic E-state index is -0.544. The molecule has 10 nitrogen and oxygen atoms in total. The number of aryl methyl sites for hydroxylation is 1. The van der Waals surface area contributed by atoms with Crippen LogP contribution in [0, 0.1) is 0 Å². The predicted molar refractivity (Wildman–Crippen MR) is 156 cm³/mol. The first-order valence-electron chi connectivity index (χ1n) is 14.0. The third kappa shape index (κ3) is 9.67. The van der Waals surface area contributed by atoms with Crippen LogP contribution >= 0.6 is 11.8 Å². The van der Waals surface area contributed by atoms with Crippen molar-refractivity contribution in [3.8, 4) is 0 Å². The van der Waals surface area contributed by atoms with Crippen molar-refractivity contribution >= 4 is 23.6 Å². The number of rotatable bonds is 14. The van der Waals surface area contributed by atoms with Gasteiger partial charge in [-0.1, -0.05) is 66.7 Å². The van der Waals surface area contributed by atoms with E-state index in [-0.39, 0.29) is 30.6 Å². The molecule has 1 aromatic heterocycles. The summed E-state index contributed by atoms with van der Waals surface area (Å²) in [4.78, 5) is 23.1. The Labute approximate surface area is 245 Å². The smallest absolute Gasteiger partial charge is 0.220 e. The van der Waals surface area contributed by atoms with Crippen LogP contribution in [0.25, 0.3) is 0 Å². The van der Waals surface area contributed by atoms with Gasteiger partial charge in [0.15, 0.2) is 11.4 Å². The minimum absolute atomic E-state index is 0.00123. The van der Waals surface area contributed by atoms with Gasteiger partial charge in [-0.25, -0.2) is 0 Å². The summed E-state index contributed by atoms with van der Waals surface area (Å²) in [6.07, 6.45) is 4.62. The summed E-state index contributed by atoms with van der Waals surface area (Å²) in [7, 11) is 1.92. The lowest BCUT2D eigenvalue weighted by molar-refractivity contribution is -0.245. The van der Waals surface area contributed by atoms with Gasteiger partial charge in [-0.3, -0.25) is 9.59 Å². The average Bonchev–Trinajstić information content (AvgIpc) is 3.41. The second kappa shape index (κ2) is 15.7. The van der Waals surface area contributed by atoms with Crippen molar-refractivity contribution in [2.75, 3.05) is 12.3 Å². The quantitative estimate of drug-likeness (QED) is 0.193. The number of hydrogen-bond acceptors (Lipinski definition) is 8. The summed E-state index contributed by atoms with van der Waals surface area (Å²) in [6.45, 7) is 2.61. The maximum absolute atomic E-state index is 12.2. The third-order valence-electron chi connectivity index (χ3n) is 6.88. The molecule has 1 fully saturated rings. The second-order valence-corrected chi connectivity index (χ2v) is 11.2. The molecule has 0 bridgehead atoms. The maximum atomic E-state index is 12.2. The van der Waals surface area contributed by atoms with Crippen LogP contribution in [0.4, 0.5) is 0 Å². The van der Waals surface area contributed by atoms with E-state index < -0.39 is 6.29 Å². The largest absolute Gasteiger partial charge is 0.392 e. The van der Waals surface area contributed by atoms with Crippen molar-refractivity contribution in [1.82, 2.24) is 25.4 Å².